The molecule has 0 radical (unpaired) electrons. The van der Waals surface area contributed by atoms with Gasteiger partial charge in [-0.1, -0.05) is 17.3 Å². The fraction of sp³-hybridized carbons (Fsp3) is 0.0625. The fourth-order valence-electron chi connectivity index (χ4n) is 2.10. The van der Waals surface area contributed by atoms with Crippen LogP contribution in [0.25, 0.3) is 11.4 Å². The lowest BCUT2D eigenvalue weighted by molar-refractivity contribution is 0.288. The van der Waals surface area contributed by atoms with E-state index in [1.807, 2.05) is 24.3 Å². The van der Waals surface area contributed by atoms with Crippen molar-refractivity contribution in [3.05, 3.63) is 62.2 Å². The van der Waals surface area contributed by atoms with Gasteiger partial charge in [-0.15, -0.1) is 0 Å². The summed E-state index contributed by atoms with van der Waals surface area (Å²) in [5.41, 5.74) is 5.50. The summed E-state index contributed by atoms with van der Waals surface area (Å²) in [7, 11) is 0. The van der Waals surface area contributed by atoms with Crippen molar-refractivity contribution in [3.63, 3.8) is 0 Å². The molecule has 0 aliphatic carbocycles. The molecule has 0 aliphatic rings. The van der Waals surface area contributed by atoms with Crippen LogP contribution in [0.2, 0.25) is 0 Å². The van der Waals surface area contributed by atoms with E-state index in [1.165, 1.54) is 0 Å². The van der Waals surface area contributed by atoms with Gasteiger partial charge in [-0.25, -0.2) is 13.8 Å². The summed E-state index contributed by atoms with van der Waals surface area (Å²) in [6.45, 7) is -0.0554. The highest BCUT2D eigenvalue weighted by atomic mass is 127. The van der Waals surface area contributed by atoms with E-state index in [1.54, 1.807) is 0 Å². The molecule has 6 nitrogen and oxygen atoms in total. The number of oxime groups is 1. The smallest absolute Gasteiger partial charge is 0.179 e. The normalized spacial score (nSPS) is 11.6. The van der Waals surface area contributed by atoms with Crippen LogP contribution in [0.3, 0.4) is 0 Å². The lowest BCUT2D eigenvalue weighted by Gasteiger charge is -2.09. The van der Waals surface area contributed by atoms with Crippen LogP contribution in [0, 0.1) is 15.2 Å². The topological polar surface area (TPSA) is 93.6 Å². The van der Waals surface area contributed by atoms with Crippen molar-refractivity contribution < 1.29 is 18.7 Å². The molecule has 1 aromatic heterocycles. The summed E-state index contributed by atoms with van der Waals surface area (Å²) in [5, 5.41) is 11.8. The Hall–Kier alpha value is -2.34. The van der Waals surface area contributed by atoms with Gasteiger partial charge in [-0.3, -0.25) is 0 Å². The second kappa shape index (κ2) is 7.91. The van der Waals surface area contributed by atoms with Crippen molar-refractivity contribution in [2.24, 2.45) is 10.9 Å². The van der Waals surface area contributed by atoms with Gasteiger partial charge < -0.3 is 15.7 Å². The maximum absolute atomic E-state index is 14.3. The van der Waals surface area contributed by atoms with E-state index < -0.39 is 23.0 Å². The highest BCUT2D eigenvalue weighted by molar-refractivity contribution is 14.1. The molecule has 0 amide bonds. The predicted octanol–water partition coefficient (Wildman–Crippen LogP) is 3.76. The molecule has 0 saturated heterocycles. The second-order valence-corrected chi connectivity index (χ2v) is 7.11. The van der Waals surface area contributed by atoms with E-state index in [-0.39, 0.29) is 12.4 Å². The minimum Gasteiger partial charge on any atom is -0.483 e. The number of hydrogen-bond acceptors (Lipinski definition) is 6. The van der Waals surface area contributed by atoms with Gasteiger partial charge in [-0.05, 0) is 58.4 Å². The molecular formula is C16H11F2IN4O2S. The second-order valence-electron chi connectivity index (χ2n) is 5.03. The van der Waals surface area contributed by atoms with Gasteiger partial charge in [-0.2, -0.15) is 4.37 Å². The van der Waals surface area contributed by atoms with Crippen molar-refractivity contribution in [1.29, 1.82) is 0 Å². The molecule has 0 saturated carbocycles. The summed E-state index contributed by atoms with van der Waals surface area (Å²) < 4.78 is 38.7. The molecule has 26 heavy (non-hydrogen) atoms. The predicted molar refractivity (Wildman–Crippen MR) is 101 cm³/mol. The summed E-state index contributed by atoms with van der Waals surface area (Å²) in [5.74, 6) is -2.38. The Morgan fingerprint density at radius 1 is 1.23 bits per heavy atom. The number of ether oxygens (including phenoxy) is 1. The van der Waals surface area contributed by atoms with Crippen LogP contribution in [0.1, 0.15) is 10.6 Å². The Labute approximate surface area is 164 Å². The van der Waals surface area contributed by atoms with Crippen LogP contribution in [0.4, 0.5) is 8.78 Å². The number of rotatable bonds is 5. The van der Waals surface area contributed by atoms with Crippen molar-refractivity contribution in [2.75, 3.05) is 0 Å². The Bertz CT molecular complexity index is 963. The largest absolute Gasteiger partial charge is 0.483 e. The minimum atomic E-state index is -1.05. The van der Waals surface area contributed by atoms with E-state index in [0.717, 1.165) is 32.8 Å². The molecule has 10 heteroatoms. The van der Waals surface area contributed by atoms with Gasteiger partial charge in [0.05, 0.1) is 5.56 Å². The van der Waals surface area contributed by atoms with E-state index in [0.29, 0.717) is 10.8 Å². The van der Waals surface area contributed by atoms with Crippen LogP contribution < -0.4 is 10.5 Å². The molecular weight excluding hydrogens is 477 g/mol. The Kier molecular flexibility index (Phi) is 5.61. The standard InChI is InChI=1S/C16H11F2IN4O2S/c17-10-5-6-11(14(18)13(10)15(20)22-24)25-7-12-21-16(23-26-12)8-1-3-9(19)4-2-8/h1-6,24H,7H2,(H2,20,22). The van der Waals surface area contributed by atoms with Gasteiger partial charge in [0.1, 0.15) is 12.4 Å². The van der Waals surface area contributed by atoms with Crippen LogP contribution >= 0.6 is 34.1 Å². The van der Waals surface area contributed by atoms with Crippen LogP contribution in [0.15, 0.2) is 41.6 Å². The first-order valence-electron chi connectivity index (χ1n) is 7.17. The zero-order valence-corrected chi connectivity index (χ0v) is 16.0. The van der Waals surface area contributed by atoms with E-state index in [4.69, 9.17) is 15.7 Å². The zero-order chi connectivity index (χ0) is 18.7. The number of hydrogen-bond donors (Lipinski definition) is 2. The number of amidine groups is 1. The van der Waals surface area contributed by atoms with Crippen molar-refractivity contribution in [1.82, 2.24) is 9.36 Å². The third-order valence-corrected chi connectivity index (χ3v) is 4.74. The SMILES string of the molecule is N/C(=N\O)c1c(F)ccc(OCc2nc(-c3ccc(I)cc3)ns2)c1F. The van der Waals surface area contributed by atoms with Crippen molar-refractivity contribution in [3.8, 4) is 17.1 Å². The van der Waals surface area contributed by atoms with Crippen molar-refractivity contribution >= 4 is 40.0 Å². The summed E-state index contributed by atoms with van der Waals surface area (Å²) in [4.78, 5) is 4.34. The number of aromatic nitrogens is 2. The Morgan fingerprint density at radius 2 is 1.96 bits per heavy atom. The molecule has 0 aliphatic heterocycles. The van der Waals surface area contributed by atoms with Gasteiger partial charge in [0.25, 0.3) is 0 Å². The first kappa shape index (κ1) is 18.5. The van der Waals surface area contributed by atoms with Crippen LogP contribution in [-0.2, 0) is 6.61 Å². The monoisotopic (exact) mass is 488 g/mol. The van der Waals surface area contributed by atoms with Crippen molar-refractivity contribution in [2.45, 2.75) is 6.61 Å². The molecule has 3 N–H and O–H groups in total. The number of halogens is 3. The van der Waals surface area contributed by atoms with Gasteiger partial charge in [0.2, 0.25) is 0 Å². The Balaban J connectivity index is 1.77. The third kappa shape index (κ3) is 3.90. The molecule has 3 aromatic rings. The Morgan fingerprint density at radius 3 is 2.65 bits per heavy atom. The lowest BCUT2D eigenvalue weighted by Crippen LogP contribution is -2.18. The molecule has 0 unspecified atom stereocenters. The first-order chi connectivity index (χ1) is 12.5. The number of benzene rings is 2. The van der Waals surface area contributed by atoms with Crippen LogP contribution in [-0.4, -0.2) is 20.4 Å². The lowest BCUT2D eigenvalue weighted by atomic mass is 10.1. The molecule has 0 spiro atoms. The maximum atomic E-state index is 14.3. The molecule has 0 bridgehead atoms. The number of nitrogens with zero attached hydrogens (tertiary/aromatic N) is 3. The molecule has 3 rings (SSSR count). The highest BCUT2D eigenvalue weighted by Gasteiger charge is 2.19. The van der Waals surface area contributed by atoms with Gasteiger partial charge in [0.15, 0.2) is 28.2 Å². The minimum absolute atomic E-state index is 0.0554. The van der Waals surface area contributed by atoms with E-state index in [9.17, 15) is 8.78 Å². The quantitative estimate of drug-likeness (QED) is 0.188. The first-order valence-corrected chi connectivity index (χ1v) is 9.02. The molecule has 1 heterocycles. The average Bonchev–Trinajstić information content (AvgIpc) is 3.10. The summed E-state index contributed by atoms with van der Waals surface area (Å²) >= 11 is 3.32. The highest BCUT2D eigenvalue weighted by Crippen LogP contribution is 2.25. The molecule has 0 atom stereocenters. The molecule has 134 valence electrons. The van der Waals surface area contributed by atoms with E-state index in [2.05, 4.69) is 37.1 Å². The summed E-state index contributed by atoms with van der Waals surface area (Å²) in [6, 6.07) is 9.78. The molecule has 2 aromatic carbocycles. The van der Waals surface area contributed by atoms with Crippen LogP contribution in [0.5, 0.6) is 5.75 Å². The summed E-state index contributed by atoms with van der Waals surface area (Å²) in [6.07, 6.45) is 0. The van der Waals surface area contributed by atoms with Gasteiger partial charge >= 0.3 is 0 Å². The maximum Gasteiger partial charge on any atom is 0.179 e. The third-order valence-electron chi connectivity index (χ3n) is 3.34. The van der Waals surface area contributed by atoms with Gasteiger partial charge in [0, 0.05) is 9.13 Å². The number of nitrogens with two attached hydrogens (primary N) is 1. The van der Waals surface area contributed by atoms with E-state index >= 15 is 0 Å². The average molecular weight is 488 g/mol. The fourth-order valence-corrected chi connectivity index (χ4v) is 3.04. The zero-order valence-electron chi connectivity index (χ0n) is 13.0. The molecule has 0 fully saturated rings.